The summed E-state index contributed by atoms with van der Waals surface area (Å²) in [5.74, 6) is 0.575. The van der Waals surface area contributed by atoms with Crippen LogP contribution in [0.5, 0.6) is 0 Å². The van der Waals surface area contributed by atoms with Crippen molar-refractivity contribution < 1.29 is 4.74 Å². The molecule has 3 heteroatoms. The van der Waals surface area contributed by atoms with Gasteiger partial charge in [0.1, 0.15) is 0 Å². The van der Waals surface area contributed by atoms with Crippen LogP contribution in [0.1, 0.15) is 18.1 Å². The molecule has 0 spiro atoms. The highest BCUT2D eigenvalue weighted by atomic mass is 16.5. The molecule has 19 heavy (non-hydrogen) atoms. The van der Waals surface area contributed by atoms with Crippen LogP contribution in [0.15, 0.2) is 18.2 Å². The van der Waals surface area contributed by atoms with Gasteiger partial charge in [0, 0.05) is 31.2 Å². The molecule has 2 rings (SSSR count). The molecule has 2 atom stereocenters. The summed E-state index contributed by atoms with van der Waals surface area (Å²) >= 11 is 0. The van der Waals surface area contributed by atoms with Crippen molar-refractivity contribution in [2.75, 3.05) is 38.3 Å². The molecule has 0 aromatic heterocycles. The highest BCUT2D eigenvalue weighted by Gasteiger charge is 2.28. The van der Waals surface area contributed by atoms with Crippen molar-refractivity contribution in [2.24, 2.45) is 5.92 Å². The van der Waals surface area contributed by atoms with E-state index in [2.05, 4.69) is 56.2 Å². The van der Waals surface area contributed by atoms with Gasteiger partial charge in [-0.1, -0.05) is 13.0 Å². The molecule has 1 aromatic carbocycles. The van der Waals surface area contributed by atoms with Gasteiger partial charge in [-0.05, 0) is 43.7 Å². The van der Waals surface area contributed by atoms with Crippen LogP contribution in [-0.2, 0) is 4.74 Å². The second-order valence-corrected chi connectivity index (χ2v) is 5.69. The Hall–Kier alpha value is -1.06. The maximum Gasteiger partial charge on any atom is 0.0624 e. The Kier molecular flexibility index (Phi) is 4.83. The van der Waals surface area contributed by atoms with Crippen LogP contribution in [0, 0.1) is 19.8 Å². The molecule has 1 fully saturated rings. The number of aryl methyl sites for hydroxylation is 2. The first-order chi connectivity index (χ1) is 9.10. The molecule has 0 amide bonds. The monoisotopic (exact) mass is 262 g/mol. The summed E-state index contributed by atoms with van der Waals surface area (Å²) in [4.78, 5) is 2.35. The summed E-state index contributed by atoms with van der Waals surface area (Å²) < 4.78 is 5.62. The Morgan fingerprint density at radius 3 is 2.53 bits per heavy atom. The van der Waals surface area contributed by atoms with Crippen LogP contribution in [-0.4, -0.2) is 39.4 Å². The molecule has 1 aliphatic rings. The highest BCUT2D eigenvalue weighted by Crippen LogP contribution is 2.21. The van der Waals surface area contributed by atoms with Gasteiger partial charge in [0.15, 0.2) is 0 Å². The molecule has 106 valence electrons. The normalized spacial score (nSPS) is 22.7. The van der Waals surface area contributed by atoms with E-state index in [-0.39, 0.29) is 0 Å². The van der Waals surface area contributed by atoms with E-state index in [0.717, 1.165) is 26.3 Å². The minimum absolute atomic E-state index is 0.498. The summed E-state index contributed by atoms with van der Waals surface area (Å²) in [5, 5.41) is 3.52. The Morgan fingerprint density at radius 2 is 1.89 bits per heavy atom. The van der Waals surface area contributed by atoms with E-state index in [9.17, 15) is 0 Å². The van der Waals surface area contributed by atoms with E-state index in [0.29, 0.717) is 12.0 Å². The topological polar surface area (TPSA) is 24.5 Å². The summed E-state index contributed by atoms with van der Waals surface area (Å²) in [6, 6.07) is 7.23. The van der Waals surface area contributed by atoms with Crippen molar-refractivity contribution in [2.45, 2.75) is 26.8 Å². The Labute approximate surface area is 116 Å². The van der Waals surface area contributed by atoms with E-state index in [4.69, 9.17) is 4.74 Å². The highest BCUT2D eigenvalue weighted by molar-refractivity contribution is 5.50. The predicted octanol–water partition coefficient (Wildman–Crippen LogP) is 2.36. The zero-order valence-corrected chi connectivity index (χ0v) is 12.6. The molecular formula is C16H26N2O. The standard InChI is InChI=1S/C16H26N2O/c1-5-17-16-11-19-10-14(16)9-18(4)15-7-12(2)6-13(3)8-15/h6-8,14,16-17H,5,9-11H2,1-4H3. The van der Waals surface area contributed by atoms with Crippen molar-refractivity contribution in [1.29, 1.82) is 0 Å². The van der Waals surface area contributed by atoms with E-state index in [1.54, 1.807) is 0 Å². The third kappa shape index (κ3) is 3.71. The lowest BCUT2D eigenvalue weighted by atomic mass is 10.0. The first-order valence-corrected chi connectivity index (χ1v) is 7.20. The molecule has 1 N–H and O–H groups in total. The summed E-state index contributed by atoms with van der Waals surface area (Å²) in [7, 11) is 2.18. The van der Waals surface area contributed by atoms with Gasteiger partial charge >= 0.3 is 0 Å². The Morgan fingerprint density at radius 1 is 1.21 bits per heavy atom. The molecule has 0 saturated carbocycles. The SMILES string of the molecule is CCNC1COCC1CN(C)c1cc(C)cc(C)c1. The molecule has 1 aromatic rings. The smallest absolute Gasteiger partial charge is 0.0624 e. The number of nitrogens with zero attached hydrogens (tertiary/aromatic N) is 1. The molecule has 3 nitrogen and oxygen atoms in total. The minimum Gasteiger partial charge on any atom is -0.379 e. The summed E-state index contributed by atoms with van der Waals surface area (Å²) in [6.07, 6.45) is 0. The lowest BCUT2D eigenvalue weighted by Gasteiger charge is -2.26. The van der Waals surface area contributed by atoms with Gasteiger partial charge in [-0.3, -0.25) is 0 Å². The van der Waals surface area contributed by atoms with Crippen molar-refractivity contribution in [3.05, 3.63) is 29.3 Å². The number of hydrogen-bond donors (Lipinski definition) is 1. The number of benzene rings is 1. The van der Waals surface area contributed by atoms with Gasteiger partial charge in [-0.2, -0.15) is 0 Å². The maximum absolute atomic E-state index is 5.62. The van der Waals surface area contributed by atoms with Gasteiger partial charge in [-0.15, -0.1) is 0 Å². The van der Waals surface area contributed by atoms with Crippen molar-refractivity contribution in [1.82, 2.24) is 5.32 Å². The quantitative estimate of drug-likeness (QED) is 0.881. The van der Waals surface area contributed by atoms with E-state index < -0.39 is 0 Å². The largest absolute Gasteiger partial charge is 0.379 e. The van der Waals surface area contributed by atoms with E-state index in [1.807, 2.05) is 0 Å². The number of ether oxygens (including phenoxy) is 1. The van der Waals surface area contributed by atoms with E-state index in [1.165, 1.54) is 16.8 Å². The first kappa shape index (κ1) is 14.4. The molecular weight excluding hydrogens is 236 g/mol. The average molecular weight is 262 g/mol. The van der Waals surface area contributed by atoms with Crippen LogP contribution in [0.25, 0.3) is 0 Å². The summed E-state index contributed by atoms with van der Waals surface area (Å²) in [5.41, 5.74) is 3.96. The fourth-order valence-corrected chi connectivity index (χ4v) is 2.89. The number of hydrogen-bond acceptors (Lipinski definition) is 3. The first-order valence-electron chi connectivity index (χ1n) is 7.20. The maximum atomic E-state index is 5.62. The minimum atomic E-state index is 0.498. The third-order valence-electron chi connectivity index (χ3n) is 3.82. The lowest BCUT2D eigenvalue weighted by Crippen LogP contribution is -2.40. The van der Waals surface area contributed by atoms with Crippen LogP contribution in [0.4, 0.5) is 5.69 Å². The van der Waals surface area contributed by atoms with Crippen LogP contribution in [0.3, 0.4) is 0 Å². The molecule has 0 aliphatic carbocycles. The van der Waals surface area contributed by atoms with Crippen LogP contribution < -0.4 is 10.2 Å². The van der Waals surface area contributed by atoms with Crippen LogP contribution in [0.2, 0.25) is 0 Å². The van der Waals surface area contributed by atoms with Gasteiger partial charge in [-0.25, -0.2) is 0 Å². The average Bonchev–Trinajstić information content (AvgIpc) is 2.76. The fourth-order valence-electron chi connectivity index (χ4n) is 2.89. The molecule has 1 aliphatic heterocycles. The van der Waals surface area contributed by atoms with Gasteiger partial charge in [0.25, 0.3) is 0 Å². The number of anilines is 1. The van der Waals surface area contributed by atoms with Crippen molar-refractivity contribution in [3.63, 3.8) is 0 Å². The van der Waals surface area contributed by atoms with Gasteiger partial charge in [0.05, 0.1) is 13.2 Å². The number of rotatable bonds is 5. The molecule has 1 heterocycles. The lowest BCUT2D eigenvalue weighted by molar-refractivity contribution is 0.183. The van der Waals surface area contributed by atoms with Gasteiger partial charge < -0.3 is 15.0 Å². The predicted molar refractivity (Wildman–Crippen MR) is 81.0 cm³/mol. The zero-order valence-electron chi connectivity index (χ0n) is 12.6. The second kappa shape index (κ2) is 6.40. The molecule has 0 radical (unpaired) electrons. The fraction of sp³-hybridized carbons (Fsp3) is 0.625. The number of nitrogens with one attached hydrogen (secondary N) is 1. The molecule has 1 saturated heterocycles. The Balaban J connectivity index is 2.01. The van der Waals surface area contributed by atoms with E-state index >= 15 is 0 Å². The van der Waals surface area contributed by atoms with Gasteiger partial charge in [0.2, 0.25) is 0 Å². The molecule has 2 unspecified atom stereocenters. The number of likely N-dealkylation sites (N-methyl/N-ethyl adjacent to an activating group) is 1. The second-order valence-electron chi connectivity index (χ2n) is 5.69. The molecule has 0 bridgehead atoms. The van der Waals surface area contributed by atoms with Crippen molar-refractivity contribution in [3.8, 4) is 0 Å². The van der Waals surface area contributed by atoms with Crippen LogP contribution >= 0.6 is 0 Å². The third-order valence-corrected chi connectivity index (χ3v) is 3.82. The van der Waals surface area contributed by atoms with Crippen molar-refractivity contribution >= 4 is 5.69 Å². The Bertz CT molecular complexity index is 399. The summed E-state index contributed by atoms with van der Waals surface area (Å²) in [6.45, 7) is 10.2. The zero-order chi connectivity index (χ0) is 13.8.